The number of ether oxygens (including phenoxy) is 2. The number of carbonyl (C=O) groups excluding carboxylic acids is 1. The lowest BCUT2D eigenvalue weighted by Crippen LogP contribution is -2.33. The van der Waals surface area contributed by atoms with Crippen molar-refractivity contribution >= 4 is 17.1 Å². The van der Waals surface area contributed by atoms with E-state index < -0.39 is 6.10 Å². The molecule has 1 unspecified atom stereocenters. The van der Waals surface area contributed by atoms with E-state index in [1.54, 1.807) is 0 Å². The van der Waals surface area contributed by atoms with Crippen molar-refractivity contribution < 1.29 is 28.9 Å². The zero-order valence-electron chi connectivity index (χ0n) is 16.5. The summed E-state index contributed by atoms with van der Waals surface area (Å²) in [7, 11) is 0. The number of nitrogens with one attached hydrogen (secondary N) is 2. The molecular formula is C21H28N2O6. The molecule has 3 aromatic rings. The van der Waals surface area contributed by atoms with E-state index in [0.29, 0.717) is 26.2 Å². The Labute approximate surface area is 169 Å². The van der Waals surface area contributed by atoms with Crippen LogP contribution in [0.2, 0.25) is 0 Å². The molecule has 2 heterocycles. The molecule has 158 valence electrons. The number of para-hydroxylation sites is 1. The summed E-state index contributed by atoms with van der Waals surface area (Å²) in [5.74, 6) is 1.43. The van der Waals surface area contributed by atoms with E-state index in [9.17, 15) is 9.90 Å². The van der Waals surface area contributed by atoms with Gasteiger partial charge in [0.05, 0.1) is 6.61 Å². The highest BCUT2D eigenvalue weighted by Crippen LogP contribution is 2.28. The standard InChI is InChI=1S/C17H19NO4.C4H9NO2/c19-13(12-21-14-4-2-1-3-5-14)11-18-8-9-20-17-10-15-6-7-16(17)22-15;1-4(7)5-2-3-6/h1-7,10,13,18-19H,8-9,11-12H2;6H,2-3H2,1H3,(H,5,7). The van der Waals surface area contributed by atoms with E-state index >= 15 is 0 Å². The van der Waals surface area contributed by atoms with Crippen LogP contribution in [0.15, 0.2) is 52.9 Å². The molecule has 8 nitrogen and oxygen atoms in total. The highest BCUT2D eigenvalue weighted by molar-refractivity contribution is 5.72. The second kappa shape index (κ2) is 12.6. The second-order valence-electron chi connectivity index (χ2n) is 6.25. The predicted molar refractivity (Wildman–Crippen MR) is 109 cm³/mol. The van der Waals surface area contributed by atoms with E-state index in [1.807, 2.05) is 48.5 Å². The van der Waals surface area contributed by atoms with Gasteiger partial charge in [0.15, 0.2) is 11.3 Å². The molecule has 3 rings (SSSR count). The lowest BCUT2D eigenvalue weighted by molar-refractivity contribution is -0.119. The minimum Gasteiger partial charge on any atom is -0.491 e. The van der Waals surface area contributed by atoms with Gasteiger partial charge in [0.25, 0.3) is 0 Å². The van der Waals surface area contributed by atoms with Crippen LogP contribution in [0.1, 0.15) is 6.92 Å². The van der Waals surface area contributed by atoms with Crippen LogP contribution in [0.3, 0.4) is 0 Å². The molecule has 0 radical (unpaired) electrons. The van der Waals surface area contributed by atoms with Crippen molar-refractivity contribution in [1.29, 1.82) is 0 Å². The van der Waals surface area contributed by atoms with Gasteiger partial charge in [0.2, 0.25) is 5.91 Å². The molecule has 1 atom stereocenters. The minimum absolute atomic E-state index is 0.0135. The van der Waals surface area contributed by atoms with E-state index in [0.717, 1.165) is 22.7 Å². The van der Waals surface area contributed by atoms with Crippen molar-refractivity contribution in [2.45, 2.75) is 13.0 Å². The summed E-state index contributed by atoms with van der Waals surface area (Å²) in [6.07, 6.45) is -0.557. The molecule has 0 aliphatic carbocycles. The molecule has 4 N–H and O–H groups in total. The number of hydrogen-bond donors (Lipinski definition) is 4. The normalized spacial score (nSPS) is 11.6. The summed E-state index contributed by atoms with van der Waals surface area (Å²) >= 11 is 0. The fourth-order valence-corrected chi connectivity index (χ4v) is 2.38. The maximum Gasteiger partial charge on any atom is 0.216 e. The van der Waals surface area contributed by atoms with Gasteiger partial charge in [-0.05, 0) is 24.3 Å². The lowest BCUT2D eigenvalue weighted by atomic mass is 10.3. The smallest absolute Gasteiger partial charge is 0.216 e. The molecule has 0 saturated carbocycles. The summed E-state index contributed by atoms with van der Waals surface area (Å²) in [6, 6.07) is 15.1. The molecule has 8 heteroatoms. The van der Waals surface area contributed by atoms with Crippen molar-refractivity contribution in [3.8, 4) is 11.5 Å². The average molecular weight is 404 g/mol. The zero-order chi connectivity index (χ0) is 20.9. The Morgan fingerprint density at radius 3 is 2.52 bits per heavy atom. The zero-order valence-corrected chi connectivity index (χ0v) is 16.5. The molecule has 0 aliphatic heterocycles. The number of furan rings is 2. The first-order valence-electron chi connectivity index (χ1n) is 9.45. The van der Waals surface area contributed by atoms with Gasteiger partial charge in [-0.15, -0.1) is 0 Å². The van der Waals surface area contributed by atoms with Crippen molar-refractivity contribution in [3.63, 3.8) is 0 Å². The quantitative estimate of drug-likeness (QED) is 0.357. The largest absolute Gasteiger partial charge is 0.491 e. The average Bonchev–Trinajstić information content (AvgIpc) is 3.35. The number of aliphatic hydroxyl groups is 2. The van der Waals surface area contributed by atoms with Gasteiger partial charge in [-0.1, -0.05) is 18.2 Å². The van der Waals surface area contributed by atoms with Crippen molar-refractivity contribution in [3.05, 3.63) is 48.5 Å². The topological polar surface area (TPSA) is 113 Å². The molecule has 0 aliphatic rings. The third kappa shape index (κ3) is 8.82. The number of aliphatic hydroxyl groups excluding tert-OH is 2. The number of fused-ring (bicyclic) bond motifs is 2. The Morgan fingerprint density at radius 2 is 1.93 bits per heavy atom. The summed E-state index contributed by atoms with van der Waals surface area (Å²) in [5.41, 5.74) is 1.60. The Hall–Kier alpha value is -2.81. The molecule has 0 spiro atoms. The summed E-state index contributed by atoms with van der Waals surface area (Å²) in [4.78, 5) is 9.98. The van der Waals surface area contributed by atoms with Crippen LogP contribution in [0.25, 0.3) is 11.2 Å². The number of rotatable bonds is 11. The van der Waals surface area contributed by atoms with Crippen molar-refractivity contribution in [1.82, 2.24) is 10.6 Å². The van der Waals surface area contributed by atoms with Gasteiger partial charge in [0, 0.05) is 32.6 Å². The van der Waals surface area contributed by atoms with Gasteiger partial charge in [-0.3, -0.25) is 4.79 Å². The number of carbonyl (C=O) groups is 1. The van der Waals surface area contributed by atoms with E-state index in [-0.39, 0.29) is 19.1 Å². The van der Waals surface area contributed by atoms with E-state index in [4.69, 9.17) is 19.0 Å². The summed E-state index contributed by atoms with van der Waals surface area (Å²) in [5, 5.41) is 23.5. The first-order valence-corrected chi connectivity index (χ1v) is 9.45. The third-order valence-corrected chi connectivity index (χ3v) is 3.73. The van der Waals surface area contributed by atoms with Crippen molar-refractivity contribution in [2.24, 2.45) is 0 Å². The predicted octanol–water partition coefficient (Wildman–Crippen LogP) is 1.39. The maximum atomic E-state index is 9.98. The van der Waals surface area contributed by atoms with Crippen LogP contribution in [0, 0.1) is 0 Å². The number of amides is 1. The Morgan fingerprint density at radius 1 is 1.14 bits per heavy atom. The number of benzene rings is 2. The van der Waals surface area contributed by atoms with Crippen LogP contribution in [0.4, 0.5) is 0 Å². The maximum absolute atomic E-state index is 9.98. The van der Waals surface area contributed by atoms with Gasteiger partial charge in [-0.25, -0.2) is 0 Å². The molecule has 29 heavy (non-hydrogen) atoms. The van der Waals surface area contributed by atoms with Crippen LogP contribution in [-0.4, -0.2) is 61.7 Å². The fraction of sp³-hybridized carbons (Fsp3) is 0.381. The van der Waals surface area contributed by atoms with Gasteiger partial charge in [-0.2, -0.15) is 0 Å². The van der Waals surface area contributed by atoms with Crippen molar-refractivity contribution in [2.75, 3.05) is 39.5 Å². The van der Waals surface area contributed by atoms with Crippen LogP contribution in [0.5, 0.6) is 11.5 Å². The SMILES string of the molecule is CC(=O)NCCO.OC(CNCCOc1cc2ccc1o2)COc1ccccc1. The first-order chi connectivity index (χ1) is 14.1. The second-order valence-corrected chi connectivity index (χ2v) is 6.25. The lowest BCUT2D eigenvalue weighted by Gasteiger charge is -2.13. The Balaban J connectivity index is 0.000000370. The monoisotopic (exact) mass is 404 g/mol. The minimum atomic E-state index is -0.557. The first kappa shape index (κ1) is 22.5. The molecule has 1 aromatic carbocycles. The summed E-state index contributed by atoms with van der Waals surface area (Å²) < 4.78 is 16.5. The fourth-order valence-electron chi connectivity index (χ4n) is 2.38. The molecule has 0 fully saturated rings. The van der Waals surface area contributed by atoms with Crippen LogP contribution in [-0.2, 0) is 4.79 Å². The number of hydrogen-bond acceptors (Lipinski definition) is 7. The van der Waals surface area contributed by atoms with Gasteiger partial charge in [0.1, 0.15) is 30.7 Å². The molecule has 2 aromatic heterocycles. The van der Waals surface area contributed by atoms with Gasteiger partial charge < -0.3 is 34.7 Å². The molecular weight excluding hydrogens is 376 g/mol. The Kier molecular flexibility index (Phi) is 9.77. The molecule has 1 amide bonds. The van der Waals surface area contributed by atoms with Crippen LogP contribution < -0.4 is 20.1 Å². The summed E-state index contributed by atoms with van der Waals surface area (Å²) in [6.45, 7) is 3.67. The van der Waals surface area contributed by atoms with E-state index in [1.165, 1.54) is 6.92 Å². The molecule has 0 saturated heterocycles. The highest BCUT2D eigenvalue weighted by Gasteiger charge is 2.08. The van der Waals surface area contributed by atoms with Gasteiger partial charge >= 0.3 is 0 Å². The highest BCUT2D eigenvalue weighted by atomic mass is 16.5. The van der Waals surface area contributed by atoms with Crippen LogP contribution >= 0.6 is 0 Å². The molecule has 2 bridgehead atoms. The van der Waals surface area contributed by atoms with E-state index in [2.05, 4.69) is 10.6 Å². The third-order valence-electron chi connectivity index (χ3n) is 3.73. The Bertz CT molecular complexity index is 807.